The minimum Gasteiger partial charge on any atom is -0.481 e. The molecule has 67 heavy (non-hydrogen) atoms. The number of amides is 3. The molecule has 0 rings (SSSR count). The normalized spacial score (nSPS) is 13.3. The van der Waals surface area contributed by atoms with Gasteiger partial charge in [0.25, 0.3) is 0 Å². The Morgan fingerprint density at radius 3 is 1.15 bits per heavy atom. The summed E-state index contributed by atoms with van der Waals surface area (Å²) < 4.78 is 0. The summed E-state index contributed by atoms with van der Waals surface area (Å²) >= 11 is 0. The molecule has 0 aromatic carbocycles. The summed E-state index contributed by atoms with van der Waals surface area (Å²) in [7, 11) is 0. The summed E-state index contributed by atoms with van der Waals surface area (Å²) in [5.74, 6) is -11.7. The average Bonchev–Trinajstić information content (AvgIpc) is 3.25. The molecule has 3 amide bonds. The molecule has 0 aliphatic carbocycles. The lowest BCUT2D eigenvalue weighted by Gasteiger charge is -2.17. The van der Waals surface area contributed by atoms with Gasteiger partial charge in [-0.05, 0) is 58.3 Å². The first kappa shape index (κ1) is 61.8. The van der Waals surface area contributed by atoms with E-state index in [1.54, 1.807) is 0 Å². The van der Waals surface area contributed by atoms with Gasteiger partial charge in [-0.3, -0.25) is 43.2 Å². The standard InChI is InChI=1S/C48H79N3O16/c1-33(34(2)52)19-17-18-30-49-41(55)29-26-40(48(66)67)51-43(57)28-23-36(46(62)63)32-38(54)24-25-39(47(64)65)50-42(56)27-22-35(45(60)61)31-37(53)20-15-13-11-9-7-5-3-4-6-8-10-12-14-16-21-44(58)59/h33,35-36,39-40H,3-32H2,1-2H3,(H,49,55)(H,50,56)(H,51,57)(H,58,59)(H,60,61)(H,62,63)(H,64,65)(H,66,67)/t33-,35+,36+,39-,40-/m0/s1. The molecule has 0 aliphatic heterocycles. The van der Waals surface area contributed by atoms with E-state index in [0.29, 0.717) is 25.8 Å². The molecular formula is C48H79N3O16. The molecule has 0 saturated carbocycles. The van der Waals surface area contributed by atoms with E-state index in [1.807, 2.05) is 6.92 Å². The van der Waals surface area contributed by atoms with Gasteiger partial charge in [-0.25, -0.2) is 9.59 Å². The molecule has 0 unspecified atom stereocenters. The zero-order valence-corrected chi connectivity index (χ0v) is 39.8. The molecule has 0 fully saturated rings. The van der Waals surface area contributed by atoms with E-state index in [0.717, 1.165) is 64.2 Å². The van der Waals surface area contributed by atoms with Crippen LogP contribution < -0.4 is 16.0 Å². The van der Waals surface area contributed by atoms with E-state index in [4.69, 9.17) is 5.11 Å². The largest absolute Gasteiger partial charge is 0.481 e. The smallest absolute Gasteiger partial charge is 0.326 e. The summed E-state index contributed by atoms with van der Waals surface area (Å²) in [6.07, 6.45) is 13.3. The predicted octanol–water partition coefficient (Wildman–Crippen LogP) is 6.40. The number of ketones is 3. The van der Waals surface area contributed by atoms with Crippen LogP contribution in [0, 0.1) is 17.8 Å². The van der Waals surface area contributed by atoms with Crippen LogP contribution in [0.3, 0.4) is 0 Å². The van der Waals surface area contributed by atoms with E-state index < -0.39 is 103 Å². The number of rotatable bonds is 45. The highest BCUT2D eigenvalue weighted by atomic mass is 16.4. The summed E-state index contributed by atoms with van der Waals surface area (Å²) in [6.45, 7) is 3.67. The molecule has 0 aliphatic rings. The first-order valence-corrected chi connectivity index (χ1v) is 24.3. The van der Waals surface area contributed by atoms with Crippen molar-refractivity contribution in [1.29, 1.82) is 0 Å². The second-order valence-electron chi connectivity index (χ2n) is 17.8. The number of carbonyl (C=O) groups excluding carboxylic acids is 6. The lowest BCUT2D eigenvalue weighted by Crippen LogP contribution is -2.42. The third-order valence-electron chi connectivity index (χ3n) is 11.9. The minimum absolute atomic E-state index is 0.0761. The highest BCUT2D eigenvalue weighted by Gasteiger charge is 2.28. The van der Waals surface area contributed by atoms with E-state index in [2.05, 4.69) is 16.0 Å². The molecule has 5 atom stereocenters. The van der Waals surface area contributed by atoms with E-state index in [-0.39, 0.29) is 68.9 Å². The van der Waals surface area contributed by atoms with Crippen LogP contribution in [-0.2, 0) is 52.7 Å². The van der Waals surface area contributed by atoms with Gasteiger partial charge in [0.1, 0.15) is 29.4 Å². The predicted molar refractivity (Wildman–Crippen MR) is 246 cm³/mol. The van der Waals surface area contributed by atoms with Crippen molar-refractivity contribution in [2.75, 3.05) is 6.54 Å². The third-order valence-corrected chi connectivity index (χ3v) is 11.9. The second kappa shape index (κ2) is 37.8. The highest BCUT2D eigenvalue weighted by Crippen LogP contribution is 2.19. The van der Waals surface area contributed by atoms with E-state index in [9.17, 15) is 73.2 Å². The maximum absolute atomic E-state index is 12.7. The molecule has 19 heteroatoms. The Labute approximate surface area is 394 Å². The molecule has 0 heterocycles. The molecule has 19 nitrogen and oxygen atoms in total. The minimum atomic E-state index is -1.55. The van der Waals surface area contributed by atoms with Crippen LogP contribution in [0.25, 0.3) is 0 Å². The summed E-state index contributed by atoms with van der Waals surface area (Å²) in [4.78, 5) is 132. The molecule has 0 bridgehead atoms. The molecule has 0 spiro atoms. The first-order chi connectivity index (χ1) is 31.7. The lowest BCUT2D eigenvalue weighted by molar-refractivity contribution is -0.145. The van der Waals surface area contributed by atoms with Gasteiger partial charge in [-0.1, -0.05) is 90.4 Å². The number of hydrogen-bond donors (Lipinski definition) is 8. The number of hydrogen-bond acceptors (Lipinski definition) is 11. The Morgan fingerprint density at radius 2 is 0.761 bits per heavy atom. The van der Waals surface area contributed by atoms with E-state index >= 15 is 0 Å². The number of carboxylic acids is 5. The second-order valence-corrected chi connectivity index (χ2v) is 17.8. The van der Waals surface area contributed by atoms with Gasteiger partial charge in [0.2, 0.25) is 17.7 Å². The zero-order chi connectivity index (χ0) is 50.6. The van der Waals surface area contributed by atoms with Crippen LogP contribution in [0.1, 0.15) is 200 Å². The monoisotopic (exact) mass is 954 g/mol. The van der Waals surface area contributed by atoms with Crippen LogP contribution in [0.2, 0.25) is 0 Å². The zero-order valence-electron chi connectivity index (χ0n) is 39.8. The van der Waals surface area contributed by atoms with Crippen molar-refractivity contribution in [2.45, 2.75) is 212 Å². The number of unbranched alkanes of at least 4 members (excludes halogenated alkanes) is 14. The fourth-order valence-corrected chi connectivity index (χ4v) is 7.43. The van der Waals surface area contributed by atoms with Crippen molar-refractivity contribution in [3.8, 4) is 0 Å². The van der Waals surface area contributed by atoms with Crippen molar-refractivity contribution in [3.63, 3.8) is 0 Å². The summed E-state index contributed by atoms with van der Waals surface area (Å²) in [5.41, 5.74) is 0. The van der Waals surface area contributed by atoms with Crippen molar-refractivity contribution in [1.82, 2.24) is 16.0 Å². The van der Waals surface area contributed by atoms with Gasteiger partial charge >= 0.3 is 29.8 Å². The molecule has 382 valence electrons. The Morgan fingerprint density at radius 1 is 0.388 bits per heavy atom. The quantitative estimate of drug-likeness (QED) is 0.0306. The maximum atomic E-state index is 12.7. The van der Waals surface area contributed by atoms with Crippen molar-refractivity contribution < 1.29 is 78.3 Å². The summed E-state index contributed by atoms with van der Waals surface area (Å²) in [6, 6.07) is -2.98. The number of aliphatic carboxylic acids is 5. The Kier molecular flexibility index (Phi) is 34.9. The van der Waals surface area contributed by atoms with Gasteiger partial charge < -0.3 is 41.5 Å². The molecule has 0 aromatic heterocycles. The Balaban J connectivity index is 4.56. The van der Waals surface area contributed by atoms with Crippen molar-refractivity contribution in [2.24, 2.45) is 17.8 Å². The maximum Gasteiger partial charge on any atom is 0.326 e. The van der Waals surface area contributed by atoms with E-state index in [1.165, 1.54) is 32.6 Å². The van der Waals surface area contributed by atoms with Crippen LogP contribution in [-0.4, -0.2) is 109 Å². The Bertz CT molecular complexity index is 1580. The molecule has 0 saturated heterocycles. The van der Waals surface area contributed by atoms with Crippen molar-refractivity contribution in [3.05, 3.63) is 0 Å². The highest BCUT2D eigenvalue weighted by molar-refractivity contribution is 5.88. The van der Waals surface area contributed by atoms with Gasteiger partial charge in [-0.15, -0.1) is 0 Å². The molecule has 0 radical (unpaired) electrons. The van der Waals surface area contributed by atoms with Gasteiger partial charge in [0, 0.05) is 63.8 Å². The number of carbonyl (C=O) groups is 11. The van der Waals surface area contributed by atoms with Crippen LogP contribution in [0.4, 0.5) is 0 Å². The average molecular weight is 954 g/mol. The number of carboxylic acid groups (broad SMARTS) is 5. The molecule has 8 N–H and O–H groups in total. The topological polar surface area (TPSA) is 325 Å². The lowest BCUT2D eigenvalue weighted by atomic mass is 9.94. The van der Waals surface area contributed by atoms with Gasteiger partial charge in [0.15, 0.2) is 0 Å². The fraction of sp³-hybridized carbons (Fsp3) is 0.771. The number of nitrogens with one attached hydrogen (secondary N) is 3. The molecule has 0 aromatic rings. The van der Waals surface area contributed by atoms with Crippen molar-refractivity contribution >= 4 is 64.9 Å². The SMILES string of the molecule is CC(=O)[C@@H](C)CCCCNC(=O)CC[C@H](NC(=O)CC[C@H](CC(=O)CC[C@H](NC(=O)CC[C@H](CC(=O)CCCCCCCCCCCCCCCCC(=O)O)C(=O)O)C(=O)O)C(=O)O)C(=O)O. The number of Topliss-reactive ketones (excluding diaryl/α,β-unsaturated/α-hetero) is 3. The Hall–Kier alpha value is -5.23. The third kappa shape index (κ3) is 34.7. The van der Waals surface area contributed by atoms with Gasteiger partial charge in [0.05, 0.1) is 11.8 Å². The molecular weight excluding hydrogens is 875 g/mol. The fourth-order valence-electron chi connectivity index (χ4n) is 7.43. The summed E-state index contributed by atoms with van der Waals surface area (Å²) in [5, 5.41) is 54.4. The van der Waals surface area contributed by atoms with Crippen LogP contribution >= 0.6 is 0 Å². The van der Waals surface area contributed by atoms with Crippen LogP contribution in [0.15, 0.2) is 0 Å². The van der Waals surface area contributed by atoms with Crippen LogP contribution in [0.5, 0.6) is 0 Å². The van der Waals surface area contributed by atoms with Gasteiger partial charge in [-0.2, -0.15) is 0 Å². The first-order valence-electron chi connectivity index (χ1n) is 24.3.